The number of hydrogen-bond donors (Lipinski definition) is 1. The summed E-state index contributed by atoms with van der Waals surface area (Å²) in [5.41, 5.74) is -0.150. The molecule has 88 valence electrons. The van der Waals surface area contributed by atoms with Crippen LogP contribution in [0.3, 0.4) is 0 Å². The van der Waals surface area contributed by atoms with Crippen molar-refractivity contribution in [2.75, 3.05) is 5.32 Å². The average Bonchev–Trinajstić information content (AvgIpc) is 2.73. The summed E-state index contributed by atoms with van der Waals surface area (Å²) in [5.74, 6) is 1.50. The molecule has 8 heteroatoms. The number of rotatable bonds is 4. The zero-order valence-corrected chi connectivity index (χ0v) is 8.95. The number of nitro groups is 1. The van der Waals surface area contributed by atoms with E-state index in [1.807, 2.05) is 0 Å². The van der Waals surface area contributed by atoms with Gasteiger partial charge in [-0.15, -0.1) is 0 Å². The number of aromatic nitrogens is 3. The molecule has 2 heterocycles. The van der Waals surface area contributed by atoms with E-state index in [9.17, 15) is 10.1 Å². The van der Waals surface area contributed by atoms with Crippen LogP contribution in [-0.4, -0.2) is 19.9 Å². The van der Waals surface area contributed by atoms with E-state index in [2.05, 4.69) is 20.3 Å². The smallest absolute Gasteiger partial charge is 0.305 e. The first-order valence-corrected chi connectivity index (χ1v) is 4.77. The molecular formula is C9H9N5O3. The topological polar surface area (TPSA) is 107 Å². The zero-order chi connectivity index (χ0) is 12.3. The summed E-state index contributed by atoms with van der Waals surface area (Å²) in [6.45, 7) is 2.12. The molecule has 0 aromatic carbocycles. The molecule has 1 N–H and O–H groups in total. The van der Waals surface area contributed by atoms with Crippen LogP contribution in [0.2, 0.25) is 0 Å². The molecule has 0 radical (unpaired) electrons. The Morgan fingerprint density at radius 1 is 1.35 bits per heavy atom. The lowest BCUT2D eigenvalue weighted by Crippen LogP contribution is -2.04. The lowest BCUT2D eigenvalue weighted by Gasteiger charge is -2.00. The maximum Gasteiger partial charge on any atom is 0.305 e. The molecule has 17 heavy (non-hydrogen) atoms. The standard InChI is InChI=1S/C9H9N5O3/c1-6-2-10-8(17-6)5-13-9-11-3-7(4-12-9)14(15)16/h2-4H,5H2,1H3,(H,11,12,13). The van der Waals surface area contributed by atoms with Crippen LogP contribution < -0.4 is 5.32 Å². The summed E-state index contributed by atoms with van der Waals surface area (Å²) in [6.07, 6.45) is 3.88. The third kappa shape index (κ3) is 2.74. The minimum atomic E-state index is -0.554. The second-order valence-corrected chi connectivity index (χ2v) is 3.24. The van der Waals surface area contributed by atoms with Crippen LogP contribution in [-0.2, 0) is 6.54 Å². The fourth-order valence-corrected chi connectivity index (χ4v) is 1.14. The molecule has 8 nitrogen and oxygen atoms in total. The monoisotopic (exact) mass is 235 g/mol. The van der Waals surface area contributed by atoms with Gasteiger partial charge in [0.25, 0.3) is 0 Å². The van der Waals surface area contributed by atoms with Gasteiger partial charge in [0.2, 0.25) is 11.8 Å². The number of hydrogen-bond acceptors (Lipinski definition) is 7. The predicted octanol–water partition coefficient (Wildman–Crippen LogP) is 1.29. The molecular weight excluding hydrogens is 226 g/mol. The fraction of sp³-hybridized carbons (Fsp3) is 0.222. The maximum atomic E-state index is 10.4. The first kappa shape index (κ1) is 11.0. The molecule has 0 atom stereocenters. The van der Waals surface area contributed by atoms with Crippen LogP contribution >= 0.6 is 0 Å². The Morgan fingerprint density at radius 3 is 2.59 bits per heavy atom. The molecule has 0 aliphatic rings. The Bertz CT molecular complexity index is 522. The summed E-state index contributed by atoms with van der Waals surface area (Å²) in [7, 11) is 0. The molecule has 0 saturated carbocycles. The van der Waals surface area contributed by atoms with Gasteiger partial charge in [-0.2, -0.15) is 0 Å². The SMILES string of the molecule is Cc1cnc(CNc2ncc([N+](=O)[O-])cn2)o1. The van der Waals surface area contributed by atoms with Crippen molar-refractivity contribution in [1.29, 1.82) is 0 Å². The van der Waals surface area contributed by atoms with Gasteiger partial charge in [-0.1, -0.05) is 0 Å². The third-order valence-corrected chi connectivity index (χ3v) is 1.92. The van der Waals surface area contributed by atoms with Gasteiger partial charge >= 0.3 is 5.69 Å². The van der Waals surface area contributed by atoms with Crippen molar-refractivity contribution in [3.63, 3.8) is 0 Å². The van der Waals surface area contributed by atoms with Crippen LogP contribution in [0.1, 0.15) is 11.7 Å². The molecule has 0 saturated heterocycles. The van der Waals surface area contributed by atoms with E-state index in [0.29, 0.717) is 18.2 Å². The summed E-state index contributed by atoms with van der Waals surface area (Å²) in [4.78, 5) is 21.4. The van der Waals surface area contributed by atoms with E-state index in [1.165, 1.54) is 0 Å². The molecule has 2 aromatic heterocycles. The van der Waals surface area contributed by atoms with Crippen LogP contribution in [0.25, 0.3) is 0 Å². The van der Waals surface area contributed by atoms with Gasteiger partial charge in [0.15, 0.2) is 0 Å². The van der Waals surface area contributed by atoms with Crippen molar-refractivity contribution in [3.05, 3.63) is 40.4 Å². The van der Waals surface area contributed by atoms with Crippen molar-refractivity contribution >= 4 is 11.6 Å². The fourth-order valence-electron chi connectivity index (χ4n) is 1.14. The van der Waals surface area contributed by atoms with Crippen LogP contribution in [0.4, 0.5) is 11.6 Å². The molecule has 2 rings (SSSR count). The minimum Gasteiger partial charge on any atom is -0.444 e. The molecule has 0 fully saturated rings. The Kier molecular flexibility index (Phi) is 2.95. The second kappa shape index (κ2) is 4.56. The van der Waals surface area contributed by atoms with E-state index in [4.69, 9.17) is 4.42 Å². The number of anilines is 1. The van der Waals surface area contributed by atoms with Gasteiger partial charge in [0.05, 0.1) is 17.7 Å². The highest BCUT2D eigenvalue weighted by atomic mass is 16.6. The van der Waals surface area contributed by atoms with E-state index < -0.39 is 4.92 Å². The summed E-state index contributed by atoms with van der Waals surface area (Å²) in [5, 5.41) is 13.2. The maximum absolute atomic E-state index is 10.4. The summed E-state index contributed by atoms with van der Waals surface area (Å²) < 4.78 is 5.23. The first-order chi connectivity index (χ1) is 8.15. The summed E-state index contributed by atoms with van der Waals surface area (Å²) >= 11 is 0. The molecule has 0 aliphatic heterocycles. The van der Waals surface area contributed by atoms with E-state index in [0.717, 1.165) is 12.4 Å². The van der Waals surface area contributed by atoms with E-state index in [1.54, 1.807) is 13.1 Å². The lowest BCUT2D eigenvalue weighted by atomic mass is 10.5. The third-order valence-electron chi connectivity index (χ3n) is 1.92. The largest absolute Gasteiger partial charge is 0.444 e. The van der Waals surface area contributed by atoms with Crippen molar-refractivity contribution in [2.45, 2.75) is 13.5 Å². The van der Waals surface area contributed by atoms with E-state index in [-0.39, 0.29) is 11.6 Å². The van der Waals surface area contributed by atoms with Gasteiger partial charge in [0, 0.05) is 0 Å². The molecule has 0 unspecified atom stereocenters. The number of aryl methyl sites for hydroxylation is 1. The Labute approximate surface area is 95.9 Å². The highest BCUT2D eigenvalue weighted by Gasteiger charge is 2.07. The van der Waals surface area contributed by atoms with Gasteiger partial charge in [0.1, 0.15) is 18.2 Å². The van der Waals surface area contributed by atoms with Gasteiger partial charge in [-0.3, -0.25) is 10.1 Å². The minimum absolute atomic E-state index is 0.150. The Balaban J connectivity index is 1.97. The molecule has 0 bridgehead atoms. The number of nitrogens with zero attached hydrogens (tertiary/aromatic N) is 4. The molecule has 2 aromatic rings. The molecule has 0 spiro atoms. The average molecular weight is 235 g/mol. The van der Waals surface area contributed by atoms with Crippen LogP contribution in [0, 0.1) is 17.0 Å². The first-order valence-electron chi connectivity index (χ1n) is 4.77. The highest BCUT2D eigenvalue weighted by molar-refractivity contribution is 5.30. The Morgan fingerprint density at radius 2 is 2.06 bits per heavy atom. The molecule has 0 amide bonds. The van der Waals surface area contributed by atoms with Crippen molar-refractivity contribution < 1.29 is 9.34 Å². The molecule has 0 aliphatic carbocycles. The quantitative estimate of drug-likeness (QED) is 0.628. The predicted molar refractivity (Wildman–Crippen MR) is 57.3 cm³/mol. The van der Waals surface area contributed by atoms with Gasteiger partial charge < -0.3 is 9.73 Å². The highest BCUT2D eigenvalue weighted by Crippen LogP contribution is 2.09. The van der Waals surface area contributed by atoms with Crippen molar-refractivity contribution in [1.82, 2.24) is 15.0 Å². The van der Waals surface area contributed by atoms with Crippen LogP contribution in [0.5, 0.6) is 0 Å². The van der Waals surface area contributed by atoms with Crippen molar-refractivity contribution in [3.8, 4) is 0 Å². The van der Waals surface area contributed by atoms with Crippen molar-refractivity contribution in [2.24, 2.45) is 0 Å². The number of oxazole rings is 1. The van der Waals surface area contributed by atoms with Gasteiger partial charge in [-0.25, -0.2) is 15.0 Å². The van der Waals surface area contributed by atoms with Gasteiger partial charge in [-0.05, 0) is 6.92 Å². The number of nitrogens with one attached hydrogen (secondary N) is 1. The normalized spacial score (nSPS) is 10.2. The summed E-state index contributed by atoms with van der Waals surface area (Å²) in [6, 6.07) is 0. The van der Waals surface area contributed by atoms with Crippen LogP contribution in [0.15, 0.2) is 23.0 Å². The Hall–Kier alpha value is -2.51. The second-order valence-electron chi connectivity index (χ2n) is 3.24. The zero-order valence-electron chi connectivity index (χ0n) is 8.95. The van der Waals surface area contributed by atoms with E-state index >= 15 is 0 Å². The lowest BCUT2D eigenvalue weighted by molar-refractivity contribution is -0.385.